The maximum absolute atomic E-state index is 12.5. The molecule has 0 saturated carbocycles. The van der Waals surface area contributed by atoms with Crippen LogP contribution in [-0.4, -0.2) is 136 Å². The molecule has 192 valence electrons. The highest BCUT2D eigenvalue weighted by Gasteiger charge is 2.16. The summed E-state index contributed by atoms with van der Waals surface area (Å²) in [6, 6.07) is 0. The van der Waals surface area contributed by atoms with Crippen LogP contribution in [0.25, 0.3) is 0 Å². The van der Waals surface area contributed by atoms with Crippen LogP contribution in [0.4, 0.5) is 0 Å². The first-order chi connectivity index (χ1) is 15.9. The number of nitrogens with one attached hydrogen (secondary N) is 2. The molecule has 2 rings (SSSR count). The average molecular weight is 503 g/mol. The highest BCUT2D eigenvalue weighted by Crippen LogP contribution is 2.39. The molecule has 33 heavy (non-hydrogen) atoms. The van der Waals surface area contributed by atoms with E-state index in [-0.39, 0.29) is 11.8 Å². The predicted octanol–water partition coefficient (Wildman–Crippen LogP) is 1.04. The van der Waals surface area contributed by atoms with Gasteiger partial charge in [0.1, 0.15) is 0 Å². The summed E-state index contributed by atoms with van der Waals surface area (Å²) in [6.45, 7) is 9.29. The Morgan fingerprint density at radius 3 is 1.88 bits per heavy atom. The highest BCUT2D eigenvalue weighted by atomic mass is 33.1. The quantitative estimate of drug-likeness (QED) is 0.339. The Bertz CT molecular complexity index is 547. The molecule has 0 radical (unpaired) electrons. The van der Waals surface area contributed by atoms with Crippen molar-refractivity contribution in [3.05, 3.63) is 0 Å². The van der Waals surface area contributed by atoms with Crippen molar-refractivity contribution < 1.29 is 9.59 Å². The fourth-order valence-corrected chi connectivity index (χ4v) is 6.91. The molecule has 8 nitrogen and oxygen atoms in total. The molecule has 2 N–H and O–H groups in total. The Labute approximate surface area is 209 Å². The Kier molecular flexibility index (Phi) is 14.8. The molecule has 0 bridgehead atoms. The Morgan fingerprint density at radius 1 is 0.788 bits per heavy atom. The first-order valence-corrected chi connectivity index (χ1v) is 14.9. The van der Waals surface area contributed by atoms with Gasteiger partial charge < -0.3 is 25.3 Å². The van der Waals surface area contributed by atoms with E-state index in [1.54, 1.807) is 0 Å². The molecule has 0 spiro atoms. The second kappa shape index (κ2) is 17.0. The monoisotopic (exact) mass is 502 g/mol. The van der Waals surface area contributed by atoms with Crippen LogP contribution in [0.15, 0.2) is 0 Å². The average Bonchev–Trinajstić information content (AvgIpc) is 3.31. The van der Waals surface area contributed by atoms with E-state index >= 15 is 0 Å². The third-order valence-corrected chi connectivity index (χ3v) is 9.37. The van der Waals surface area contributed by atoms with Gasteiger partial charge in [0, 0.05) is 82.9 Å². The highest BCUT2D eigenvalue weighted by molar-refractivity contribution is 8.77. The molecule has 0 aliphatic carbocycles. The van der Waals surface area contributed by atoms with E-state index in [9.17, 15) is 9.59 Å². The van der Waals surface area contributed by atoms with Crippen LogP contribution in [0.3, 0.4) is 0 Å². The number of hydrogen-bond acceptors (Lipinski definition) is 8. The number of rotatable bonds is 10. The number of carbonyl (C=O) groups is 2. The summed E-state index contributed by atoms with van der Waals surface area (Å²) in [7, 11) is 10.5. The first kappa shape index (κ1) is 28.7. The topological polar surface area (TPSA) is 71.2 Å². The molecule has 1 unspecified atom stereocenters. The zero-order valence-electron chi connectivity index (χ0n) is 21.0. The Hall–Kier alpha value is -0.520. The SMILES string of the molecule is CN1CCN(C)CCN(CC(=O)NCCNC(=O)CCCCC2CCSS2)CCN(C)CC1. The standard InChI is InChI=1S/C23H46N6O2S2/c1-26-11-13-27(2)15-17-29(18-16-28(3)14-12-26)20-23(31)25-10-9-24-22(30)7-5-4-6-21-8-19-32-33-21/h21H,4-20H2,1-3H3,(H,24,30)(H,25,31). The van der Waals surface area contributed by atoms with Gasteiger partial charge in [-0.05, 0) is 40.4 Å². The summed E-state index contributed by atoms with van der Waals surface area (Å²) in [5.74, 6) is 1.40. The fourth-order valence-electron chi connectivity index (χ4n) is 3.89. The fraction of sp³-hybridized carbons (Fsp3) is 0.913. The summed E-state index contributed by atoms with van der Waals surface area (Å²) in [4.78, 5) is 33.8. The van der Waals surface area contributed by atoms with Crippen LogP contribution < -0.4 is 10.6 Å². The maximum Gasteiger partial charge on any atom is 0.234 e. The molecule has 0 aromatic carbocycles. The van der Waals surface area contributed by atoms with E-state index in [4.69, 9.17) is 0 Å². The molecule has 2 amide bonds. The van der Waals surface area contributed by atoms with Gasteiger partial charge in [-0.15, -0.1) is 0 Å². The van der Waals surface area contributed by atoms with Crippen LogP contribution >= 0.6 is 21.6 Å². The number of likely N-dealkylation sites (N-methyl/N-ethyl adjacent to an activating group) is 3. The number of amides is 2. The van der Waals surface area contributed by atoms with E-state index in [1.807, 2.05) is 21.6 Å². The molecule has 2 aliphatic rings. The molecular weight excluding hydrogens is 456 g/mol. The Balaban J connectivity index is 1.57. The van der Waals surface area contributed by atoms with Gasteiger partial charge in [0.2, 0.25) is 11.8 Å². The summed E-state index contributed by atoms with van der Waals surface area (Å²) in [6.07, 6.45) is 5.19. The zero-order chi connectivity index (χ0) is 23.9. The molecule has 1 atom stereocenters. The van der Waals surface area contributed by atoms with Gasteiger partial charge in [0.25, 0.3) is 0 Å². The number of carbonyl (C=O) groups excluding carboxylic acids is 2. The lowest BCUT2D eigenvalue weighted by molar-refractivity contribution is -0.123. The summed E-state index contributed by atoms with van der Waals surface area (Å²) < 4.78 is 0. The van der Waals surface area contributed by atoms with E-state index in [0.717, 1.165) is 70.4 Å². The van der Waals surface area contributed by atoms with Crippen molar-refractivity contribution >= 4 is 33.4 Å². The molecule has 0 aromatic rings. The van der Waals surface area contributed by atoms with E-state index in [0.29, 0.717) is 26.1 Å². The minimum Gasteiger partial charge on any atom is -0.354 e. The number of nitrogens with zero attached hydrogens (tertiary/aromatic N) is 4. The molecule has 10 heteroatoms. The lowest BCUT2D eigenvalue weighted by atomic mass is 10.1. The number of hydrogen-bond donors (Lipinski definition) is 2. The lowest BCUT2D eigenvalue weighted by Crippen LogP contribution is -2.46. The molecular formula is C23H46N6O2S2. The van der Waals surface area contributed by atoms with Crippen molar-refractivity contribution in [1.82, 2.24) is 30.2 Å². The Morgan fingerprint density at radius 2 is 1.33 bits per heavy atom. The third kappa shape index (κ3) is 13.8. The molecule has 2 saturated heterocycles. The molecule has 2 aliphatic heterocycles. The van der Waals surface area contributed by atoms with Gasteiger partial charge in [0.15, 0.2) is 0 Å². The van der Waals surface area contributed by atoms with E-state index in [2.05, 4.69) is 51.4 Å². The minimum atomic E-state index is 0.0355. The minimum absolute atomic E-state index is 0.0355. The van der Waals surface area contributed by atoms with Crippen LogP contribution in [0.2, 0.25) is 0 Å². The molecule has 2 fully saturated rings. The predicted molar refractivity (Wildman–Crippen MR) is 142 cm³/mol. The van der Waals surface area contributed by atoms with Crippen molar-refractivity contribution in [3.8, 4) is 0 Å². The zero-order valence-corrected chi connectivity index (χ0v) is 22.7. The molecule has 0 aromatic heterocycles. The summed E-state index contributed by atoms with van der Waals surface area (Å²) >= 11 is 0. The van der Waals surface area contributed by atoms with Gasteiger partial charge in [-0.2, -0.15) is 0 Å². The summed E-state index contributed by atoms with van der Waals surface area (Å²) in [5, 5.41) is 6.69. The van der Waals surface area contributed by atoms with Crippen molar-refractivity contribution in [2.24, 2.45) is 0 Å². The smallest absolute Gasteiger partial charge is 0.234 e. The molecule has 2 heterocycles. The second-order valence-corrected chi connectivity index (χ2v) is 12.2. The normalized spacial score (nSPS) is 23.1. The van der Waals surface area contributed by atoms with Crippen molar-refractivity contribution in [2.75, 3.05) is 98.9 Å². The van der Waals surface area contributed by atoms with Crippen LogP contribution in [0, 0.1) is 0 Å². The first-order valence-electron chi connectivity index (χ1n) is 12.5. The third-order valence-electron chi connectivity index (χ3n) is 6.37. The van der Waals surface area contributed by atoms with Gasteiger partial charge in [0.05, 0.1) is 6.54 Å². The second-order valence-electron chi connectivity index (χ2n) is 9.46. The van der Waals surface area contributed by atoms with Crippen LogP contribution in [0.5, 0.6) is 0 Å². The number of unbranched alkanes of at least 4 members (excludes halogenated alkanes) is 1. The van der Waals surface area contributed by atoms with Gasteiger partial charge in [-0.1, -0.05) is 28.0 Å². The largest absolute Gasteiger partial charge is 0.354 e. The summed E-state index contributed by atoms with van der Waals surface area (Å²) in [5.41, 5.74) is 0. The lowest BCUT2D eigenvalue weighted by Gasteiger charge is -2.30. The van der Waals surface area contributed by atoms with Crippen molar-refractivity contribution in [1.29, 1.82) is 0 Å². The van der Waals surface area contributed by atoms with Gasteiger partial charge in [-0.3, -0.25) is 14.5 Å². The van der Waals surface area contributed by atoms with Crippen LogP contribution in [0.1, 0.15) is 32.1 Å². The van der Waals surface area contributed by atoms with Crippen molar-refractivity contribution in [2.45, 2.75) is 37.4 Å². The van der Waals surface area contributed by atoms with Gasteiger partial charge in [-0.25, -0.2) is 0 Å². The van der Waals surface area contributed by atoms with E-state index in [1.165, 1.54) is 18.6 Å². The van der Waals surface area contributed by atoms with Crippen molar-refractivity contribution in [3.63, 3.8) is 0 Å². The van der Waals surface area contributed by atoms with E-state index < -0.39 is 0 Å². The van der Waals surface area contributed by atoms with Gasteiger partial charge >= 0.3 is 0 Å². The maximum atomic E-state index is 12.5. The van der Waals surface area contributed by atoms with Crippen LogP contribution in [-0.2, 0) is 9.59 Å².